The molecule has 0 aromatic carbocycles. The topological polar surface area (TPSA) is 105 Å². The van der Waals surface area contributed by atoms with E-state index in [9.17, 15) is 19.8 Å². The summed E-state index contributed by atoms with van der Waals surface area (Å²) in [5.41, 5.74) is -0.408. The Morgan fingerprint density at radius 1 is 1.18 bits per heavy atom. The normalized spacial score (nSPS) is 22.0. The molecule has 2 rings (SSSR count). The third kappa shape index (κ3) is 7.06. The lowest BCUT2D eigenvalue weighted by molar-refractivity contribution is -0.0459. The van der Waals surface area contributed by atoms with E-state index in [0.29, 0.717) is 11.3 Å². The lowest BCUT2D eigenvalue weighted by Crippen LogP contribution is -2.34. The number of nitrogens with one attached hydrogen (secondary N) is 1. The first-order valence-corrected chi connectivity index (χ1v) is 11.6. The number of aliphatic hydroxyl groups excluding tert-OH is 2. The van der Waals surface area contributed by atoms with Crippen molar-refractivity contribution in [2.75, 3.05) is 12.4 Å². The first kappa shape index (κ1) is 23.2. The molecule has 1 aromatic heterocycles. The fourth-order valence-corrected chi connectivity index (χ4v) is 4.39. The van der Waals surface area contributed by atoms with Crippen molar-refractivity contribution in [1.82, 2.24) is 9.55 Å². The van der Waals surface area contributed by atoms with Crippen LogP contribution in [0.2, 0.25) is 0 Å². The van der Waals surface area contributed by atoms with Gasteiger partial charge >= 0.3 is 5.69 Å². The van der Waals surface area contributed by atoms with Gasteiger partial charge in [0.25, 0.3) is 5.56 Å². The largest absolute Gasteiger partial charge is 0.394 e. The summed E-state index contributed by atoms with van der Waals surface area (Å²) in [5, 5.41) is 19.1. The van der Waals surface area contributed by atoms with Crippen molar-refractivity contribution >= 4 is 11.8 Å². The molecule has 1 fully saturated rings. The van der Waals surface area contributed by atoms with Gasteiger partial charge in [0, 0.05) is 23.9 Å². The molecule has 3 atom stereocenters. The smallest absolute Gasteiger partial charge is 0.330 e. The summed E-state index contributed by atoms with van der Waals surface area (Å²) >= 11 is 1.69. The van der Waals surface area contributed by atoms with Crippen LogP contribution >= 0.6 is 11.8 Å². The van der Waals surface area contributed by atoms with Gasteiger partial charge in [0.05, 0.1) is 12.7 Å². The number of aromatic amines is 1. The van der Waals surface area contributed by atoms with Gasteiger partial charge in [-0.15, -0.1) is 0 Å². The summed E-state index contributed by atoms with van der Waals surface area (Å²) in [6, 6.07) is 0. The Morgan fingerprint density at radius 3 is 2.50 bits per heavy atom. The maximum Gasteiger partial charge on any atom is 0.330 e. The maximum absolute atomic E-state index is 12.1. The van der Waals surface area contributed by atoms with Gasteiger partial charge in [0.1, 0.15) is 12.3 Å². The van der Waals surface area contributed by atoms with E-state index in [1.807, 2.05) is 0 Å². The van der Waals surface area contributed by atoms with Crippen LogP contribution in [-0.2, 0) is 10.5 Å². The molecule has 3 N–H and O–H groups in total. The van der Waals surface area contributed by atoms with Gasteiger partial charge in [-0.25, -0.2) is 4.79 Å². The summed E-state index contributed by atoms with van der Waals surface area (Å²) in [5.74, 6) is 1.52. The number of thioether (sulfide) groups is 1. The highest BCUT2D eigenvalue weighted by Gasteiger charge is 2.35. The van der Waals surface area contributed by atoms with E-state index >= 15 is 0 Å². The zero-order valence-corrected chi connectivity index (χ0v) is 17.6. The molecule has 160 valence electrons. The number of nitrogens with zero attached hydrogens (tertiary/aromatic N) is 1. The Balaban J connectivity index is 1.77. The summed E-state index contributed by atoms with van der Waals surface area (Å²) in [4.78, 5) is 26.5. The average Bonchev–Trinajstić information content (AvgIpc) is 3.05. The lowest BCUT2D eigenvalue weighted by Gasteiger charge is -2.15. The summed E-state index contributed by atoms with van der Waals surface area (Å²) < 4.78 is 6.84. The molecule has 0 spiro atoms. The standard InChI is InChI=1S/C20H34N2O5S/c1-2-3-4-5-6-7-8-9-10-28-14-15-12-22(20(26)21-19(15)25)18-11-16(24)17(13-23)27-18/h12,16-18,23-24H,2-11,13-14H2,1H3,(H,21,25,26)/t16-,17+,18+/m0/s1. The van der Waals surface area contributed by atoms with Gasteiger partial charge < -0.3 is 14.9 Å². The molecule has 1 aliphatic rings. The van der Waals surface area contributed by atoms with Crippen LogP contribution in [-0.4, -0.2) is 44.3 Å². The van der Waals surface area contributed by atoms with Crippen LogP contribution < -0.4 is 11.2 Å². The highest BCUT2D eigenvalue weighted by molar-refractivity contribution is 7.98. The molecule has 1 aliphatic heterocycles. The first-order valence-electron chi connectivity index (χ1n) is 10.4. The quantitative estimate of drug-likeness (QED) is 0.429. The van der Waals surface area contributed by atoms with Gasteiger partial charge in [-0.1, -0.05) is 51.9 Å². The van der Waals surface area contributed by atoms with Crippen LogP contribution in [0.5, 0.6) is 0 Å². The Morgan fingerprint density at radius 2 is 1.86 bits per heavy atom. The highest BCUT2D eigenvalue weighted by atomic mass is 32.2. The van der Waals surface area contributed by atoms with Gasteiger partial charge in [0.2, 0.25) is 0 Å². The Hall–Kier alpha value is -1.09. The van der Waals surface area contributed by atoms with Crippen LogP contribution in [0.1, 0.15) is 76.5 Å². The van der Waals surface area contributed by atoms with E-state index in [-0.39, 0.29) is 18.6 Å². The maximum atomic E-state index is 12.1. The molecule has 7 nitrogen and oxygen atoms in total. The number of hydrogen-bond donors (Lipinski definition) is 3. The van der Waals surface area contributed by atoms with Crippen LogP contribution in [0, 0.1) is 0 Å². The fraction of sp³-hybridized carbons (Fsp3) is 0.800. The second-order valence-electron chi connectivity index (χ2n) is 7.46. The molecule has 0 saturated carbocycles. The molecule has 0 amide bonds. The van der Waals surface area contributed by atoms with Crippen molar-refractivity contribution in [2.45, 2.75) is 88.9 Å². The van der Waals surface area contributed by atoms with E-state index in [1.165, 1.54) is 55.7 Å². The van der Waals surface area contributed by atoms with E-state index in [1.54, 1.807) is 11.8 Å². The van der Waals surface area contributed by atoms with Crippen molar-refractivity contribution < 1.29 is 14.9 Å². The number of aromatic nitrogens is 2. The molecule has 0 bridgehead atoms. The van der Waals surface area contributed by atoms with Crippen LogP contribution in [0.15, 0.2) is 15.8 Å². The minimum atomic E-state index is -0.825. The van der Waals surface area contributed by atoms with Crippen LogP contribution in [0.3, 0.4) is 0 Å². The van der Waals surface area contributed by atoms with Crippen molar-refractivity contribution in [3.63, 3.8) is 0 Å². The van der Waals surface area contributed by atoms with Crippen molar-refractivity contribution in [2.24, 2.45) is 0 Å². The Labute approximate surface area is 170 Å². The molecule has 0 unspecified atom stereocenters. The zero-order chi connectivity index (χ0) is 20.4. The molecule has 2 heterocycles. The average molecular weight is 415 g/mol. The van der Waals surface area contributed by atoms with E-state index < -0.39 is 24.1 Å². The van der Waals surface area contributed by atoms with Gasteiger partial charge in [-0.3, -0.25) is 14.3 Å². The van der Waals surface area contributed by atoms with Crippen molar-refractivity contribution in [1.29, 1.82) is 0 Å². The fourth-order valence-electron chi connectivity index (χ4n) is 3.41. The van der Waals surface area contributed by atoms with Crippen molar-refractivity contribution in [3.8, 4) is 0 Å². The minimum absolute atomic E-state index is 0.210. The van der Waals surface area contributed by atoms with Crippen LogP contribution in [0.4, 0.5) is 0 Å². The monoisotopic (exact) mass is 414 g/mol. The molecular formula is C20H34N2O5S. The third-order valence-electron chi connectivity index (χ3n) is 5.14. The second-order valence-corrected chi connectivity index (χ2v) is 8.57. The predicted octanol–water partition coefficient (Wildman–Crippen LogP) is 2.55. The number of H-pyrrole nitrogens is 1. The number of hydrogen-bond acceptors (Lipinski definition) is 6. The van der Waals surface area contributed by atoms with Gasteiger partial charge in [-0.2, -0.15) is 11.8 Å². The van der Waals surface area contributed by atoms with Gasteiger partial charge in [-0.05, 0) is 12.2 Å². The summed E-state index contributed by atoms with van der Waals surface area (Å²) in [6.07, 6.45) is 9.72. The molecule has 8 heteroatoms. The lowest BCUT2D eigenvalue weighted by atomic mass is 10.1. The highest BCUT2D eigenvalue weighted by Crippen LogP contribution is 2.27. The van der Waals surface area contributed by atoms with Crippen LogP contribution in [0.25, 0.3) is 0 Å². The Kier molecular flexibility index (Phi) is 10.3. The minimum Gasteiger partial charge on any atom is -0.394 e. The summed E-state index contributed by atoms with van der Waals surface area (Å²) in [7, 11) is 0. The number of rotatable bonds is 13. The molecule has 1 saturated heterocycles. The third-order valence-corrected chi connectivity index (χ3v) is 6.23. The second kappa shape index (κ2) is 12.5. The number of aliphatic hydroxyl groups is 2. The zero-order valence-electron chi connectivity index (χ0n) is 16.8. The van der Waals surface area contributed by atoms with E-state index in [2.05, 4.69) is 11.9 Å². The molecular weight excluding hydrogens is 380 g/mol. The molecule has 0 radical (unpaired) electrons. The summed E-state index contributed by atoms with van der Waals surface area (Å²) in [6.45, 7) is 1.92. The first-order chi connectivity index (χ1) is 13.6. The number of unbranched alkanes of at least 4 members (excludes halogenated alkanes) is 7. The predicted molar refractivity (Wildman–Crippen MR) is 112 cm³/mol. The SMILES string of the molecule is CCCCCCCCCCSCc1cn([C@H]2C[C@H](O)[C@@H](CO)O2)c(=O)[nH]c1=O. The molecule has 28 heavy (non-hydrogen) atoms. The van der Waals surface area contributed by atoms with Crippen molar-refractivity contribution in [3.05, 3.63) is 32.6 Å². The van der Waals surface area contributed by atoms with Gasteiger partial charge in [0.15, 0.2) is 0 Å². The van der Waals surface area contributed by atoms with E-state index in [0.717, 1.165) is 12.2 Å². The molecule has 1 aromatic rings. The number of ether oxygens (including phenoxy) is 1. The van der Waals surface area contributed by atoms with E-state index in [4.69, 9.17) is 4.74 Å². The molecule has 0 aliphatic carbocycles. The Bertz CT molecular complexity index is 690.